The molecule has 82 valence electrons. The summed E-state index contributed by atoms with van der Waals surface area (Å²) in [6.45, 7) is 5.06. The molecule has 0 radical (unpaired) electrons. The van der Waals surface area contributed by atoms with Crippen LogP contribution in [0, 0.1) is 6.92 Å². The highest BCUT2D eigenvalue weighted by Gasteiger charge is 2.24. The lowest BCUT2D eigenvalue weighted by atomic mass is 10.2. The zero-order valence-electron chi connectivity index (χ0n) is 9.19. The first-order valence-electron chi connectivity index (χ1n) is 5.31. The van der Waals surface area contributed by atoms with Crippen molar-refractivity contribution in [3.05, 3.63) is 23.8 Å². The molecule has 1 fully saturated rings. The number of thioether (sulfide) groups is 1. The Morgan fingerprint density at radius 3 is 2.87 bits per heavy atom. The second kappa shape index (κ2) is 4.45. The molecular formula is C12H17NOS. The van der Waals surface area contributed by atoms with Crippen molar-refractivity contribution in [2.24, 2.45) is 0 Å². The predicted molar refractivity (Wildman–Crippen MR) is 65.3 cm³/mol. The minimum absolute atomic E-state index is 0.359. The molecule has 0 aliphatic carbocycles. The van der Waals surface area contributed by atoms with Crippen LogP contribution in [0.5, 0.6) is 0 Å². The lowest BCUT2D eigenvalue weighted by Gasteiger charge is -2.14. The van der Waals surface area contributed by atoms with E-state index in [4.69, 9.17) is 10.5 Å². The van der Waals surface area contributed by atoms with Crippen LogP contribution >= 0.6 is 11.8 Å². The summed E-state index contributed by atoms with van der Waals surface area (Å²) < 4.78 is 5.54. The van der Waals surface area contributed by atoms with Gasteiger partial charge < -0.3 is 10.5 Å². The van der Waals surface area contributed by atoms with Crippen LogP contribution in [-0.4, -0.2) is 18.0 Å². The summed E-state index contributed by atoms with van der Waals surface area (Å²) in [7, 11) is 0. The fourth-order valence-corrected chi connectivity index (χ4v) is 2.91. The van der Waals surface area contributed by atoms with Crippen molar-refractivity contribution in [2.45, 2.75) is 36.5 Å². The average Bonchev–Trinajstić information content (AvgIpc) is 2.59. The van der Waals surface area contributed by atoms with Crippen molar-refractivity contribution >= 4 is 17.4 Å². The van der Waals surface area contributed by atoms with Gasteiger partial charge in [-0.15, -0.1) is 11.8 Å². The minimum Gasteiger partial charge on any atom is -0.398 e. The SMILES string of the molecule is Cc1ccc(SC2CCOC2C)cc1N. The van der Waals surface area contributed by atoms with Crippen molar-refractivity contribution in [1.82, 2.24) is 0 Å². The molecule has 2 rings (SSSR count). The lowest BCUT2D eigenvalue weighted by molar-refractivity contribution is 0.127. The third-order valence-electron chi connectivity index (χ3n) is 2.84. The lowest BCUT2D eigenvalue weighted by Crippen LogP contribution is -2.12. The molecule has 1 aromatic rings. The zero-order chi connectivity index (χ0) is 10.8. The molecule has 1 aliphatic heterocycles. The Hall–Kier alpha value is -0.670. The molecular weight excluding hydrogens is 206 g/mol. The molecule has 1 aliphatic rings. The standard InChI is InChI=1S/C12H17NOS/c1-8-3-4-10(7-11(8)13)15-12-5-6-14-9(12)2/h3-4,7,9,12H,5-6,13H2,1-2H3. The number of ether oxygens (including phenoxy) is 1. The first kappa shape index (κ1) is 10.8. The Morgan fingerprint density at radius 2 is 2.27 bits per heavy atom. The van der Waals surface area contributed by atoms with Gasteiger partial charge in [0.15, 0.2) is 0 Å². The van der Waals surface area contributed by atoms with Crippen LogP contribution in [0.2, 0.25) is 0 Å². The quantitative estimate of drug-likeness (QED) is 0.783. The third-order valence-corrected chi connectivity index (χ3v) is 4.29. The van der Waals surface area contributed by atoms with Gasteiger partial charge in [-0.05, 0) is 38.0 Å². The summed E-state index contributed by atoms with van der Waals surface area (Å²) in [4.78, 5) is 1.25. The summed E-state index contributed by atoms with van der Waals surface area (Å²) >= 11 is 1.88. The van der Waals surface area contributed by atoms with Crippen LogP contribution in [0.15, 0.2) is 23.1 Å². The van der Waals surface area contributed by atoms with Gasteiger partial charge in [-0.25, -0.2) is 0 Å². The highest BCUT2D eigenvalue weighted by atomic mass is 32.2. The normalized spacial score (nSPS) is 25.7. The van der Waals surface area contributed by atoms with Crippen LogP contribution < -0.4 is 5.73 Å². The molecule has 15 heavy (non-hydrogen) atoms. The molecule has 1 saturated heterocycles. The summed E-state index contributed by atoms with van der Waals surface area (Å²) in [5, 5.41) is 0.576. The van der Waals surface area contributed by atoms with Crippen LogP contribution in [-0.2, 0) is 4.74 Å². The molecule has 0 amide bonds. The highest BCUT2D eigenvalue weighted by Crippen LogP contribution is 2.33. The Balaban J connectivity index is 2.07. The Bertz CT molecular complexity index is 353. The zero-order valence-corrected chi connectivity index (χ0v) is 10.0. The van der Waals surface area contributed by atoms with E-state index >= 15 is 0 Å². The van der Waals surface area contributed by atoms with Gasteiger partial charge in [0.2, 0.25) is 0 Å². The Kier molecular flexibility index (Phi) is 3.22. The number of aryl methyl sites for hydroxylation is 1. The van der Waals surface area contributed by atoms with E-state index in [1.54, 1.807) is 0 Å². The van der Waals surface area contributed by atoms with Crippen molar-refractivity contribution in [1.29, 1.82) is 0 Å². The number of anilines is 1. The molecule has 1 aromatic carbocycles. The number of hydrogen-bond donors (Lipinski definition) is 1. The fourth-order valence-electron chi connectivity index (χ4n) is 1.73. The third kappa shape index (κ3) is 2.47. The minimum atomic E-state index is 0.359. The van der Waals surface area contributed by atoms with Crippen LogP contribution in [0.25, 0.3) is 0 Å². The maximum atomic E-state index is 5.88. The second-order valence-corrected chi connectivity index (χ2v) is 5.35. The van der Waals surface area contributed by atoms with E-state index in [-0.39, 0.29) is 0 Å². The van der Waals surface area contributed by atoms with Crippen LogP contribution in [0.3, 0.4) is 0 Å². The van der Waals surface area contributed by atoms with Gasteiger partial charge >= 0.3 is 0 Å². The van der Waals surface area contributed by atoms with E-state index in [1.807, 2.05) is 18.7 Å². The average molecular weight is 223 g/mol. The molecule has 2 atom stereocenters. The summed E-state index contributed by atoms with van der Waals surface area (Å²) in [5.74, 6) is 0. The summed E-state index contributed by atoms with van der Waals surface area (Å²) in [6, 6.07) is 6.28. The molecule has 0 spiro atoms. The molecule has 0 bridgehead atoms. The van der Waals surface area contributed by atoms with Crippen molar-refractivity contribution < 1.29 is 4.74 Å². The van der Waals surface area contributed by atoms with E-state index in [9.17, 15) is 0 Å². The van der Waals surface area contributed by atoms with E-state index in [0.29, 0.717) is 11.4 Å². The van der Waals surface area contributed by atoms with Gasteiger partial charge in [0.25, 0.3) is 0 Å². The van der Waals surface area contributed by atoms with Crippen molar-refractivity contribution in [2.75, 3.05) is 12.3 Å². The van der Waals surface area contributed by atoms with Crippen molar-refractivity contribution in [3.63, 3.8) is 0 Å². The van der Waals surface area contributed by atoms with Crippen LogP contribution in [0.1, 0.15) is 18.9 Å². The van der Waals surface area contributed by atoms with E-state index in [2.05, 4.69) is 25.1 Å². The number of nitrogen functional groups attached to an aromatic ring is 1. The highest BCUT2D eigenvalue weighted by molar-refractivity contribution is 8.00. The topological polar surface area (TPSA) is 35.2 Å². The monoisotopic (exact) mass is 223 g/mol. The van der Waals surface area contributed by atoms with Gasteiger partial charge in [0.1, 0.15) is 0 Å². The molecule has 2 N–H and O–H groups in total. The Labute approximate surface area is 95.2 Å². The first-order chi connectivity index (χ1) is 7.16. The number of hydrogen-bond acceptors (Lipinski definition) is 3. The number of nitrogens with two attached hydrogens (primary N) is 1. The smallest absolute Gasteiger partial charge is 0.0669 e. The van der Waals surface area contributed by atoms with Gasteiger partial charge in [-0.1, -0.05) is 6.07 Å². The predicted octanol–water partition coefficient (Wildman–Crippen LogP) is 2.85. The first-order valence-corrected chi connectivity index (χ1v) is 6.19. The maximum Gasteiger partial charge on any atom is 0.0669 e. The second-order valence-electron chi connectivity index (χ2n) is 4.04. The van der Waals surface area contributed by atoms with E-state index < -0.39 is 0 Å². The van der Waals surface area contributed by atoms with Crippen LogP contribution in [0.4, 0.5) is 5.69 Å². The van der Waals surface area contributed by atoms with E-state index in [1.165, 1.54) is 4.90 Å². The van der Waals surface area contributed by atoms with Gasteiger partial charge in [-0.3, -0.25) is 0 Å². The summed E-state index contributed by atoms with van der Waals surface area (Å²) in [5.41, 5.74) is 7.91. The maximum absolute atomic E-state index is 5.88. The van der Waals surface area contributed by atoms with Gasteiger partial charge in [-0.2, -0.15) is 0 Å². The van der Waals surface area contributed by atoms with Gasteiger partial charge in [0.05, 0.1) is 6.10 Å². The van der Waals surface area contributed by atoms with Gasteiger partial charge in [0, 0.05) is 22.4 Å². The van der Waals surface area contributed by atoms with E-state index in [0.717, 1.165) is 24.3 Å². The Morgan fingerprint density at radius 1 is 1.47 bits per heavy atom. The molecule has 2 unspecified atom stereocenters. The molecule has 0 aromatic heterocycles. The largest absolute Gasteiger partial charge is 0.398 e. The molecule has 3 heteroatoms. The summed E-state index contributed by atoms with van der Waals surface area (Å²) in [6.07, 6.45) is 1.50. The fraction of sp³-hybridized carbons (Fsp3) is 0.500. The number of benzene rings is 1. The molecule has 0 saturated carbocycles. The molecule has 1 heterocycles. The van der Waals surface area contributed by atoms with Crippen molar-refractivity contribution in [3.8, 4) is 0 Å². The number of rotatable bonds is 2. The molecule has 2 nitrogen and oxygen atoms in total.